The van der Waals surface area contributed by atoms with Crippen molar-refractivity contribution in [2.75, 3.05) is 23.8 Å². The predicted molar refractivity (Wildman–Crippen MR) is 67.5 cm³/mol. The van der Waals surface area contributed by atoms with Crippen LogP contribution in [0.25, 0.3) is 0 Å². The van der Waals surface area contributed by atoms with Crippen LogP contribution in [0.1, 0.15) is 17.3 Å². The lowest BCUT2D eigenvalue weighted by Crippen LogP contribution is -2.30. The molecule has 18 heavy (non-hydrogen) atoms. The molecule has 7 heteroatoms. The van der Waals surface area contributed by atoms with E-state index in [1.54, 1.807) is 0 Å². The van der Waals surface area contributed by atoms with E-state index in [0.29, 0.717) is 0 Å². The van der Waals surface area contributed by atoms with Gasteiger partial charge in [-0.3, -0.25) is 4.79 Å². The van der Waals surface area contributed by atoms with E-state index in [1.807, 2.05) is 0 Å². The number of nitrogens with one attached hydrogen (secondary N) is 1. The molecule has 3 N–H and O–H groups in total. The molecular formula is C11H15FN2O3S. The average molecular weight is 274 g/mol. The zero-order chi connectivity index (χ0) is 13.8. The summed E-state index contributed by atoms with van der Waals surface area (Å²) in [7, 11) is -3.15. The molecule has 0 radical (unpaired) electrons. The lowest BCUT2D eigenvalue weighted by Gasteiger charge is -2.06. The fraction of sp³-hybridized carbons (Fsp3) is 0.364. The molecule has 1 aromatic carbocycles. The minimum atomic E-state index is -3.15. The van der Waals surface area contributed by atoms with Gasteiger partial charge in [-0.15, -0.1) is 0 Å². The molecule has 0 fully saturated rings. The Morgan fingerprint density at radius 1 is 1.44 bits per heavy atom. The van der Waals surface area contributed by atoms with Crippen LogP contribution in [0.15, 0.2) is 18.2 Å². The van der Waals surface area contributed by atoms with Gasteiger partial charge in [-0.05, 0) is 18.2 Å². The summed E-state index contributed by atoms with van der Waals surface area (Å²) in [6, 6.07) is 3.64. The van der Waals surface area contributed by atoms with Crippen molar-refractivity contribution in [3.05, 3.63) is 29.6 Å². The zero-order valence-corrected chi connectivity index (χ0v) is 10.8. The van der Waals surface area contributed by atoms with Gasteiger partial charge >= 0.3 is 0 Å². The van der Waals surface area contributed by atoms with Gasteiger partial charge in [0.25, 0.3) is 5.91 Å². The van der Waals surface area contributed by atoms with Gasteiger partial charge < -0.3 is 11.1 Å². The summed E-state index contributed by atoms with van der Waals surface area (Å²) < 4.78 is 35.7. The van der Waals surface area contributed by atoms with Crippen molar-refractivity contribution in [2.24, 2.45) is 0 Å². The van der Waals surface area contributed by atoms with Crippen LogP contribution < -0.4 is 11.1 Å². The standard InChI is InChI=1S/C11H15FN2O3S/c1-2-18(16,17)6-5-14-11(15)9-7-8(13)3-4-10(9)12/h3-4,7H,2,5-6,13H2,1H3,(H,14,15). The second kappa shape index (κ2) is 5.81. The van der Waals surface area contributed by atoms with E-state index >= 15 is 0 Å². The van der Waals surface area contributed by atoms with E-state index in [1.165, 1.54) is 19.1 Å². The third-order valence-electron chi connectivity index (χ3n) is 2.37. The maximum Gasteiger partial charge on any atom is 0.254 e. The Labute approximate surface area is 105 Å². The first-order valence-electron chi connectivity index (χ1n) is 5.39. The number of amides is 1. The molecule has 0 aromatic heterocycles. The van der Waals surface area contributed by atoms with E-state index in [-0.39, 0.29) is 29.3 Å². The average Bonchev–Trinajstić information content (AvgIpc) is 2.32. The molecule has 1 aromatic rings. The lowest BCUT2D eigenvalue weighted by atomic mass is 10.2. The number of halogens is 1. The van der Waals surface area contributed by atoms with Crippen molar-refractivity contribution < 1.29 is 17.6 Å². The van der Waals surface area contributed by atoms with E-state index in [9.17, 15) is 17.6 Å². The number of carbonyl (C=O) groups is 1. The Hall–Kier alpha value is -1.63. The summed E-state index contributed by atoms with van der Waals surface area (Å²) in [5, 5.41) is 2.34. The Morgan fingerprint density at radius 3 is 2.72 bits per heavy atom. The van der Waals surface area contributed by atoms with Crippen LogP contribution in [-0.2, 0) is 9.84 Å². The summed E-state index contributed by atoms with van der Waals surface area (Å²) in [5.41, 5.74) is 5.52. The number of nitrogen functional groups attached to an aromatic ring is 1. The molecule has 0 atom stereocenters. The largest absolute Gasteiger partial charge is 0.399 e. The summed E-state index contributed by atoms with van der Waals surface area (Å²) in [5.74, 6) is -1.53. The van der Waals surface area contributed by atoms with Crippen LogP contribution in [0.3, 0.4) is 0 Å². The van der Waals surface area contributed by atoms with Gasteiger partial charge in [-0.1, -0.05) is 6.92 Å². The van der Waals surface area contributed by atoms with Crippen LogP contribution in [-0.4, -0.2) is 32.4 Å². The predicted octanol–water partition coefficient (Wildman–Crippen LogP) is 0.572. The molecule has 5 nitrogen and oxygen atoms in total. The second-order valence-corrected chi connectivity index (χ2v) is 6.20. The number of hydrogen-bond donors (Lipinski definition) is 2. The van der Waals surface area contributed by atoms with E-state index in [2.05, 4.69) is 5.32 Å². The number of rotatable bonds is 5. The van der Waals surface area contributed by atoms with Gasteiger partial charge in [0.2, 0.25) is 0 Å². The van der Waals surface area contributed by atoms with Gasteiger partial charge in [0.1, 0.15) is 5.82 Å². The van der Waals surface area contributed by atoms with Crippen LogP contribution in [0.5, 0.6) is 0 Å². The van der Waals surface area contributed by atoms with Gasteiger partial charge in [0.15, 0.2) is 9.84 Å². The fourth-order valence-electron chi connectivity index (χ4n) is 1.28. The molecular weight excluding hydrogens is 259 g/mol. The van der Waals surface area contributed by atoms with Gasteiger partial charge in [0, 0.05) is 18.0 Å². The molecule has 100 valence electrons. The summed E-state index contributed by atoms with van der Waals surface area (Å²) >= 11 is 0. The molecule has 1 amide bonds. The molecule has 0 spiro atoms. The number of hydrogen-bond acceptors (Lipinski definition) is 4. The number of anilines is 1. The van der Waals surface area contributed by atoms with Crippen LogP contribution in [0, 0.1) is 5.82 Å². The van der Waals surface area contributed by atoms with Gasteiger partial charge in [-0.2, -0.15) is 0 Å². The highest BCUT2D eigenvalue weighted by molar-refractivity contribution is 7.91. The topological polar surface area (TPSA) is 89.3 Å². The highest BCUT2D eigenvalue weighted by atomic mass is 32.2. The van der Waals surface area contributed by atoms with Crippen LogP contribution in [0.2, 0.25) is 0 Å². The normalized spacial score (nSPS) is 11.2. The fourth-order valence-corrected chi connectivity index (χ4v) is 1.98. The van der Waals surface area contributed by atoms with E-state index < -0.39 is 21.6 Å². The number of nitrogens with two attached hydrogens (primary N) is 1. The minimum Gasteiger partial charge on any atom is -0.399 e. The molecule has 0 aliphatic carbocycles. The zero-order valence-electron chi connectivity index (χ0n) is 9.94. The van der Waals surface area contributed by atoms with Crippen molar-refractivity contribution >= 4 is 21.4 Å². The molecule has 0 unspecified atom stereocenters. The Bertz CT molecular complexity index is 543. The van der Waals surface area contributed by atoms with E-state index in [0.717, 1.165) is 6.07 Å². The molecule has 0 heterocycles. The monoisotopic (exact) mass is 274 g/mol. The number of sulfone groups is 1. The van der Waals surface area contributed by atoms with Crippen molar-refractivity contribution in [3.63, 3.8) is 0 Å². The summed E-state index contributed by atoms with van der Waals surface area (Å²) in [4.78, 5) is 11.6. The third kappa shape index (κ3) is 3.99. The van der Waals surface area contributed by atoms with Crippen molar-refractivity contribution in [3.8, 4) is 0 Å². The summed E-state index contributed by atoms with van der Waals surface area (Å²) in [6.07, 6.45) is 0. The third-order valence-corrected chi connectivity index (χ3v) is 4.08. The second-order valence-electron chi connectivity index (χ2n) is 3.73. The van der Waals surface area contributed by atoms with Crippen molar-refractivity contribution in [2.45, 2.75) is 6.92 Å². The SMILES string of the molecule is CCS(=O)(=O)CCNC(=O)c1cc(N)ccc1F. The Kier molecular flexibility index (Phi) is 4.66. The lowest BCUT2D eigenvalue weighted by molar-refractivity contribution is 0.0952. The first kappa shape index (κ1) is 14.4. The summed E-state index contributed by atoms with van der Waals surface area (Å²) in [6.45, 7) is 1.47. The number of carbonyl (C=O) groups excluding carboxylic acids is 1. The molecule has 0 aliphatic heterocycles. The van der Waals surface area contributed by atoms with Crippen molar-refractivity contribution in [1.82, 2.24) is 5.32 Å². The smallest absolute Gasteiger partial charge is 0.254 e. The highest BCUT2D eigenvalue weighted by Crippen LogP contribution is 2.11. The molecule has 0 bridgehead atoms. The Balaban J connectivity index is 2.64. The van der Waals surface area contributed by atoms with Crippen LogP contribution in [0.4, 0.5) is 10.1 Å². The van der Waals surface area contributed by atoms with E-state index in [4.69, 9.17) is 5.73 Å². The molecule has 0 aliphatic rings. The highest BCUT2D eigenvalue weighted by Gasteiger charge is 2.13. The molecule has 1 rings (SSSR count). The first-order valence-corrected chi connectivity index (χ1v) is 7.21. The maximum atomic E-state index is 13.3. The first-order chi connectivity index (χ1) is 8.35. The van der Waals surface area contributed by atoms with Crippen LogP contribution >= 0.6 is 0 Å². The maximum absolute atomic E-state index is 13.3. The minimum absolute atomic E-state index is 0.00944. The quantitative estimate of drug-likeness (QED) is 0.768. The Morgan fingerprint density at radius 2 is 2.11 bits per heavy atom. The van der Waals surface area contributed by atoms with Crippen molar-refractivity contribution in [1.29, 1.82) is 0 Å². The molecule has 0 saturated carbocycles. The van der Waals surface area contributed by atoms with Gasteiger partial charge in [0.05, 0.1) is 11.3 Å². The molecule has 0 saturated heterocycles. The van der Waals surface area contributed by atoms with Gasteiger partial charge in [-0.25, -0.2) is 12.8 Å². The number of benzene rings is 1.